The van der Waals surface area contributed by atoms with E-state index in [2.05, 4.69) is 61.2 Å². The molecule has 0 N–H and O–H groups in total. The van der Waals surface area contributed by atoms with E-state index >= 15 is 0 Å². The van der Waals surface area contributed by atoms with Gasteiger partial charge in [-0.1, -0.05) is 0 Å². The molecule has 0 unspecified atom stereocenters. The molecule has 2 rings (SSSR count). The van der Waals surface area contributed by atoms with E-state index in [0.717, 1.165) is 10.5 Å². The minimum absolute atomic E-state index is 0.531. The number of hydrogen-bond donors (Lipinski definition) is 0. The first-order valence-corrected chi connectivity index (χ1v) is 7.35. The van der Waals surface area contributed by atoms with E-state index in [1.165, 1.54) is 9.68 Å². The summed E-state index contributed by atoms with van der Waals surface area (Å²) in [5, 5.41) is 3.51. The first kappa shape index (κ1) is 11.2. The zero-order valence-electron chi connectivity index (χ0n) is 9.10. The average Bonchev–Trinajstić information content (AvgIpc) is 2.33. The van der Waals surface area contributed by atoms with Crippen molar-refractivity contribution in [2.75, 3.05) is 0 Å². The van der Waals surface area contributed by atoms with Crippen LogP contribution in [0.1, 0.15) is 0 Å². The van der Waals surface area contributed by atoms with Crippen LogP contribution in [0.5, 0.6) is 0 Å². The van der Waals surface area contributed by atoms with Gasteiger partial charge in [0.15, 0.2) is 0 Å². The van der Waals surface area contributed by atoms with Crippen LogP contribution in [-0.4, -0.2) is 15.0 Å². The van der Waals surface area contributed by atoms with Gasteiger partial charge in [-0.2, -0.15) is 0 Å². The van der Waals surface area contributed by atoms with Crippen LogP contribution in [0.4, 0.5) is 0 Å². The number of rotatable bonds is 3. The van der Waals surface area contributed by atoms with Gasteiger partial charge in [0.2, 0.25) is 0 Å². The second-order valence-electron chi connectivity index (χ2n) is 3.53. The minimum atomic E-state index is 0.531. The molecule has 0 spiro atoms. The molecular weight excluding hydrogens is 259 g/mol. The molecule has 0 saturated heterocycles. The van der Waals surface area contributed by atoms with Gasteiger partial charge in [0.25, 0.3) is 0 Å². The van der Waals surface area contributed by atoms with Crippen molar-refractivity contribution in [2.45, 2.75) is 5.32 Å². The predicted molar refractivity (Wildman–Crippen MR) is 72.3 cm³/mol. The summed E-state index contributed by atoms with van der Waals surface area (Å²) in [4.78, 5) is 0. The van der Waals surface area contributed by atoms with Crippen LogP contribution < -0.4 is 14.9 Å². The fraction of sp³-hybridized carbons (Fsp3) is 0.0667. The Labute approximate surface area is 102 Å². The van der Waals surface area contributed by atoms with Crippen LogP contribution in [0.15, 0.2) is 54.6 Å². The van der Waals surface area contributed by atoms with Gasteiger partial charge in [-0.15, -0.1) is 0 Å². The molecule has 0 aliphatic heterocycles. The molecular formula is C15H14Se. The van der Waals surface area contributed by atoms with Crippen molar-refractivity contribution < 1.29 is 0 Å². The van der Waals surface area contributed by atoms with Crippen LogP contribution in [0.25, 0.3) is 12.7 Å². The Morgan fingerprint density at radius 2 is 1.62 bits per heavy atom. The van der Waals surface area contributed by atoms with Gasteiger partial charge in [0, 0.05) is 0 Å². The summed E-state index contributed by atoms with van der Waals surface area (Å²) in [6.07, 6.45) is 2.29. The van der Waals surface area contributed by atoms with E-state index in [9.17, 15) is 0 Å². The van der Waals surface area contributed by atoms with E-state index in [1.807, 2.05) is 6.07 Å². The summed E-state index contributed by atoms with van der Waals surface area (Å²) in [7, 11) is 0. The van der Waals surface area contributed by atoms with Crippen molar-refractivity contribution in [3.05, 3.63) is 65.0 Å². The normalized spacial score (nSPS) is 11.6. The molecule has 0 aliphatic rings. The zero-order chi connectivity index (χ0) is 11.2. The molecule has 0 radical (unpaired) electrons. The van der Waals surface area contributed by atoms with Gasteiger partial charge in [0.1, 0.15) is 0 Å². The third-order valence-corrected chi connectivity index (χ3v) is 4.32. The molecule has 0 aliphatic carbocycles. The summed E-state index contributed by atoms with van der Waals surface area (Å²) in [5.74, 6) is 0. The molecule has 1 heteroatoms. The molecule has 0 heterocycles. The van der Waals surface area contributed by atoms with E-state index in [4.69, 9.17) is 0 Å². The van der Waals surface area contributed by atoms with E-state index in [0.29, 0.717) is 15.0 Å². The molecule has 16 heavy (non-hydrogen) atoms. The molecule has 0 aromatic heterocycles. The Morgan fingerprint density at radius 1 is 0.938 bits per heavy atom. The van der Waals surface area contributed by atoms with Gasteiger partial charge >= 0.3 is 102 Å². The van der Waals surface area contributed by atoms with E-state index in [1.54, 1.807) is 0 Å². The standard InChI is InChI=1S/C15H14Se/c1-13-7-5-6-8-14(13)11-12-16-15-9-3-2-4-10-15/h2-11H,1,12H2/b14-11+. The Kier molecular flexibility index (Phi) is 3.98. The third kappa shape index (κ3) is 3.09. The summed E-state index contributed by atoms with van der Waals surface area (Å²) in [6, 6.07) is 18.9. The van der Waals surface area contributed by atoms with Crippen LogP contribution >= 0.6 is 0 Å². The van der Waals surface area contributed by atoms with Crippen molar-refractivity contribution >= 4 is 32.1 Å². The zero-order valence-corrected chi connectivity index (χ0v) is 10.8. The quantitative estimate of drug-likeness (QED) is 0.740. The molecule has 0 amide bonds. The molecule has 0 bridgehead atoms. The first-order chi connectivity index (χ1) is 7.86. The number of hydrogen-bond acceptors (Lipinski definition) is 0. The molecule has 2 aromatic carbocycles. The Morgan fingerprint density at radius 3 is 2.38 bits per heavy atom. The van der Waals surface area contributed by atoms with E-state index < -0.39 is 0 Å². The van der Waals surface area contributed by atoms with Gasteiger partial charge in [-0.05, 0) is 0 Å². The predicted octanol–water partition coefficient (Wildman–Crippen LogP) is 1.33. The molecule has 2 aromatic rings. The van der Waals surface area contributed by atoms with Crippen LogP contribution in [-0.2, 0) is 0 Å². The average molecular weight is 273 g/mol. The summed E-state index contributed by atoms with van der Waals surface area (Å²) in [5.41, 5.74) is 0. The fourth-order valence-corrected chi connectivity index (χ4v) is 3.17. The molecule has 0 saturated carbocycles. The summed E-state index contributed by atoms with van der Waals surface area (Å²) < 4.78 is 1.45. The molecule has 80 valence electrons. The second-order valence-corrected chi connectivity index (χ2v) is 5.82. The van der Waals surface area contributed by atoms with Gasteiger partial charge < -0.3 is 0 Å². The van der Waals surface area contributed by atoms with Crippen molar-refractivity contribution in [3.63, 3.8) is 0 Å². The SMILES string of the molecule is C=c1cccc/c1=C\C[Se]c1ccccc1. The van der Waals surface area contributed by atoms with Gasteiger partial charge in [0.05, 0.1) is 0 Å². The second kappa shape index (κ2) is 5.69. The summed E-state index contributed by atoms with van der Waals surface area (Å²) >= 11 is 0.531. The van der Waals surface area contributed by atoms with Crippen molar-refractivity contribution in [1.29, 1.82) is 0 Å². The van der Waals surface area contributed by atoms with Gasteiger partial charge in [-0.3, -0.25) is 0 Å². The Bertz CT molecular complexity index is 543. The van der Waals surface area contributed by atoms with Crippen LogP contribution in [0.3, 0.4) is 0 Å². The van der Waals surface area contributed by atoms with Crippen molar-refractivity contribution in [2.24, 2.45) is 0 Å². The molecule has 0 nitrogen and oxygen atoms in total. The fourth-order valence-electron chi connectivity index (χ4n) is 1.48. The van der Waals surface area contributed by atoms with E-state index in [-0.39, 0.29) is 0 Å². The van der Waals surface area contributed by atoms with Crippen molar-refractivity contribution in [1.82, 2.24) is 0 Å². The maximum atomic E-state index is 4.02. The topological polar surface area (TPSA) is 0 Å². The third-order valence-electron chi connectivity index (χ3n) is 2.35. The Hall–Kier alpha value is -1.30. The number of benzene rings is 2. The monoisotopic (exact) mass is 274 g/mol. The Balaban J connectivity index is 2.06. The maximum absolute atomic E-state index is 4.02. The molecule has 0 atom stereocenters. The van der Waals surface area contributed by atoms with Crippen LogP contribution in [0.2, 0.25) is 5.32 Å². The van der Waals surface area contributed by atoms with Crippen molar-refractivity contribution in [3.8, 4) is 0 Å². The molecule has 0 fully saturated rings. The van der Waals surface area contributed by atoms with Gasteiger partial charge in [-0.25, -0.2) is 0 Å². The summed E-state index contributed by atoms with van der Waals surface area (Å²) in [6.45, 7) is 4.02. The van der Waals surface area contributed by atoms with Crippen LogP contribution in [0, 0.1) is 0 Å². The first-order valence-electron chi connectivity index (χ1n) is 5.28.